The number of aromatic nitrogens is 1. The smallest absolute Gasteiger partial charge is 0.0493 e. The molecule has 0 spiro atoms. The standard InChI is InChI=1S/C22H21Cl2N3/c1-14-10-15(2-5-20(14)24)13-26-17-4-7-22-19(12-17)18-11-16(23)3-6-21(18)27(22)9-8-25/h2-7,10-12,26H,8-9,13,25H2,1H3. The zero-order valence-electron chi connectivity index (χ0n) is 15.1. The summed E-state index contributed by atoms with van der Waals surface area (Å²) in [6, 6.07) is 18.6. The van der Waals surface area contributed by atoms with Crippen LogP contribution in [0.15, 0.2) is 54.6 Å². The molecular weight excluding hydrogens is 377 g/mol. The van der Waals surface area contributed by atoms with E-state index in [2.05, 4.69) is 40.2 Å². The first kappa shape index (κ1) is 18.2. The van der Waals surface area contributed by atoms with Crippen molar-refractivity contribution in [2.24, 2.45) is 5.73 Å². The first-order valence-corrected chi connectivity index (χ1v) is 9.73. The van der Waals surface area contributed by atoms with Crippen molar-refractivity contribution >= 4 is 50.7 Å². The number of rotatable bonds is 5. The van der Waals surface area contributed by atoms with Crippen LogP contribution >= 0.6 is 23.2 Å². The molecule has 0 unspecified atom stereocenters. The highest BCUT2D eigenvalue weighted by molar-refractivity contribution is 6.32. The highest BCUT2D eigenvalue weighted by Gasteiger charge is 2.11. The topological polar surface area (TPSA) is 43.0 Å². The van der Waals surface area contributed by atoms with Crippen LogP contribution in [0.5, 0.6) is 0 Å². The molecule has 138 valence electrons. The molecular formula is C22H21Cl2N3. The maximum atomic E-state index is 6.25. The first-order chi connectivity index (χ1) is 13.1. The number of benzene rings is 3. The number of hydrogen-bond donors (Lipinski definition) is 2. The Morgan fingerprint density at radius 2 is 1.67 bits per heavy atom. The minimum Gasteiger partial charge on any atom is -0.381 e. The summed E-state index contributed by atoms with van der Waals surface area (Å²) < 4.78 is 2.26. The van der Waals surface area contributed by atoms with Crippen molar-refractivity contribution in [2.45, 2.75) is 20.0 Å². The zero-order chi connectivity index (χ0) is 19.0. The summed E-state index contributed by atoms with van der Waals surface area (Å²) in [5, 5.41) is 7.38. The van der Waals surface area contributed by atoms with Crippen molar-refractivity contribution in [1.29, 1.82) is 0 Å². The van der Waals surface area contributed by atoms with Gasteiger partial charge < -0.3 is 15.6 Å². The van der Waals surface area contributed by atoms with Gasteiger partial charge in [0.15, 0.2) is 0 Å². The summed E-state index contributed by atoms with van der Waals surface area (Å²) in [5.41, 5.74) is 11.5. The molecule has 3 aromatic carbocycles. The van der Waals surface area contributed by atoms with Crippen LogP contribution in [0.4, 0.5) is 5.69 Å². The number of nitrogens with zero attached hydrogens (tertiary/aromatic N) is 1. The van der Waals surface area contributed by atoms with Gasteiger partial charge in [-0.2, -0.15) is 0 Å². The summed E-state index contributed by atoms with van der Waals surface area (Å²) in [7, 11) is 0. The first-order valence-electron chi connectivity index (χ1n) is 8.97. The third-order valence-electron chi connectivity index (χ3n) is 4.90. The molecule has 0 radical (unpaired) electrons. The van der Waals surface area contributed by atoms with Crippen molar-refractivity contribution in [3.8, 4) is 0 Å². The average Bonchev–Trinajstić information content (AvgIpc) is 2.96. The number of aryl methyl sites for hydroxylation is 1. The lowest BCUT2D eigenvalue weighted by Crippen LogP contribution is -2.09. The Balaban J connectivity index is 1.71. The predicted molar refractivity (Wildman–Crippen MR) is 117 cm³/mol. The molecule has 0 aliphatic rings. The average molecular weight is 398 g/mol. The van der Waals surface area contributed by atoms with Gasteiger partial charge in [-0.15, -0.1) is 0 Å². The molecule has 0 amide bonds. The molecule has 4 aromatic rings. The van der Waals surface area contributed by atoms with Crippen LogP contribution in [0, 0.1) is 6.92 Å². The van der Waals surface area contributed by atoms with Gasteiger partial charge in [-0.05, 0) is 60.5 Å². The Morgan fingerprint density at radius 3 is 2.41 bits per heavy atom. The van der Waals surface area contributed by atoms with Gasteiger partial charge in [-0.25, -0.2) is 0 Å². The Morgan fingerprint density at radius 1 is 0.926 bits per heavy atom. The van der Waals surface area contributed by atoms with Crippen LogP contribution in [0.25, 0.3) is 21.8 Å². The second-order valence-electron chi connectivity index (χ2n) is 6.77. The fraction of sp³-hybridized carbons (Fsp3) is 0.182. The number of hydrogen-bond acceptors (Lipinski definition) is 2. The molecule has 0 aliphatic carbocycles. The predicted octanol–water partition coefficient (Wildman–Crippen LogP) is 5.98. The molecule has 0 saturated carbocycles. The molecule has 3 nitrogen and oxygen atoms in total. The molecule has 27 heavy (non-hydrogen) atoms. The van der Waals surface area contributed by atoms with Gasteiger partial charge in [0, 0.05) is 57.2 Å². The monoisotopic (exact) mass is 397 g/mol. The van der Waals surface area contributed by atoms with Gasteiger partial charge in [0.2, 0.25) is 0 Å². The molecule has 5 heteroatoms. The molecule has 1 heterocycles. The maximum absolute atomic E-state index is 6.25. The normalized spacial score (nSPS) is 11.4. The van der Waals surface area contributed by atoms with Gasteiger partial charge in [0.1, 0.15) is 0 Å². The molecule has 0 atom stereocenters. The fourth-order valence-corrected chi connectivity index (χ4v) is 3.87. The molecule has 3 N–H and O–H groups in total. The summed E-state index contributed by atoms with van der Waals surface area (Å²) >= 11 is 12.4. The fourth-order valence-electron chi connectivity index (χ4n) is 3.58. The molecule has 0 aliphatic heterocycles. The number of halogens is 2. The Hall–Kier alpha value is -2.20. The zero-order valence-corrected chi connectivity index (χ0v) is 16.6. The molecule has 0 fully saturated rings. The lowest BCUT2D eigenvalue weighted by Gasteiger charge is -2.09. The quantitative estimate of drug-likeness (QED) is 0.434. The van der Waals surface area contributed by atoms with Crippen LogP contribution in [-0.4, -0.2) is 11.1 Å². The van der Waals surface area contributed by atoms with Crippen molar-refractivity contribution < 1.29 is 0 Å². The van der Waals surface area contributed by atoms with Crippen molar-refractivity contribution in [3.05, 3.63) is 75.8 Å². The maximum Gasteiger partial charge on any atom is 0.0493 e. The second-order valence-corrected chi connectivity index (χ2v) is 7.61. The summed E-state index contributed by atoms with van der Waals surface area (Å²) in [6.07, 6.45) is 0. The third-order valence-corrected chi connectivity index (χ3v) is 5.56. The van der Waals surface area contributed by atoms with E-state index in [9.17, 15) is 0 Å². The largest absolute Gasteiger partial charge is 0.381 e. The summed E-state index contributed by atoms with van der Waals surface area (Å²) in [6.45, 7) is 4.13. The molecule has 0 bridgehead atoms. The van der Waals surface area contributed by atoms with Crippen molar-refractivity contribution in [3.63, 3.8) is 0 Å². The lowest BCUT2D eigenvalue weighted by molar-refractivity contribution is 0.758. The molecule has 4 rings (SSSR count). The third kappa shape index (κ3) is 3.51. The minimum atomic E-state index is 0.595. The van der Waals surface area contributed by atoms with E-state index in [-0.39, 0.29) is 0 Å². The van der Waals surface area contributed by atoms with Gasteiger partial charge in [0.05, 0.1) is 0 Å². The summed E-state index contributed by atoms with van der Waals surface area (Å²) in [4.78, 5) is 0. The van der Waals surface area contributed by atoms with Crippen molar-refractivity contribution in [2.75, 3.05) is 11.9 Å². The molecule has 1 aromatic heterocycles. The number of nitrogens with two attached hydrogens (primary N) is 1. The van der Waals surface area contributed by atoms with E-state index >= 15 is 0 Å². The van der Waals surface area contributed by atoms with Gasteiger partial charge in [-0.3, -0.25) is 0 Å². The Kier molecular flexibility index (Phi) is 5.00. The van der Waals surface area contributed by atoms with E-state index in [0.717, 1.165) is 45.3 Å². The number of anilines is 1. The number of nitrogens with one attached hydrogen (secondary N) is 1. The highest BCUT2D eigenvalue weighted by atomic mass is 35.5. The SMILES string of the molecule is Cc1cc(CNc2ccc3c(c2)c2cc(Cl)ccc2n3CCN)ccc1Cl. The van der Waals surface area contributed by atoms with Crippen molar-refractivity contribution in [1.82, 2.24) is 4.57 Å². The van der Waals surface area contributed by atoms with Crippen LogP contribution in [-0.2, 0) is 13.1 Å². The van der Waals surface area contributed by atoms with Gasteiger partial charge >= 0.3 is 0 Å². The van der Waals surface area contributed by atoms with E-state index in [0.29, 0.717) is 6.54 Å². The van der Waals surface area contributed by atoms with Gasteiger partial charge in [0.25, 0.3) is 0 Å². The van der Waals surface area contributed by atoms with E-state index in [4.69, 9.17) is 28.9 Å². The molecule has 0 saturated heterocycles. The number of fused-ring (bicyclic) bond motifs is 3. The summed E-state index contributed by atoms with van der Waals surface area (Å²) in [5.74, 6) is 0. The van der Waals surface area contributed by atoms with E-state index in [1.54, 1.807) is 0 Å². The Bertz CT molecular complexity index is 1130. The van der Waals surface area contributed by atoms with Crippen LogP contribution in [0.3, 0.4) is 0 Å². The minimum absolute atomic E-state index is 0.595. The highest BCUT2D eigenvalue weighted by Crippen LogP contribution is 2.33. The van der Waals surface area contributed by atoms with Crippen LogP contribution in [0.1, 0.15) is 11.1 Å². The second kappa shape index (κ2) is 7.43. The van der Waals surface area contributed by atoms with E-state index in [1.807, 2.05) is 31.2 Å². The Labute approximate surface area is 168 Å². The van der Waals surface area contributed by atoms with Crippen LogP contribution in [0.2, 0.25) is 10.0 Å². The van der Waals surface area contributed by atoms with Crippen LogP contribution < -0.4 is 11.1 Å². The van der Waals surface area contributed by atoms with E-state index < -0.39 is 0 Å². The lowest BCUT2D eigenvalue weighted by atomic mass is 10.1. The van der Waals surface area contributed by atoms with E-state index in [1.165, 1.54) is 16.5 Å². The van der Waals surface area contributed by atoms with Gasteiger partial charge in [-0.1, -0.05) is 35.3 Å².